The molecule has 2 heterocycles. The minimum atomic E-state index is -0.360. The van der Waals surface area contributed by atoms with E-state index in [4.69, 9.17) is 4.74 Å². The Labute approximate surface area is 138 Å². The van der Waals surface area contributed by atoms with Crippen LogP contribution in [0.2, 0.25) is 0 Å². The van der Waals surface area contributed by atoms with E-state index in [2.05, 4.69) is 46.8 Å². The molecule has 0 atom stereocenters. The van der Waals surface area contributed by atoms with Crippen LogP contribution in [0.15, 0.2) is 42.6 Å². The van der Waals surface area contributed by atoms with Gasteiger partial charge in [0, 0.05) is 28.2 Å². The lowest BCUT2D eigenvalue weighted by atomic mass is 10.1. The summed E-state index contributed by atoms with van der Waals surface area (Å²) in [6.07, 6.45) is 1.81. The van der Waals surface area contributed by atoms with Crippen molar-refractivity contribution in [3.63, 3.8) is 0 Å². The first-order valence-electron chi connectivity index (χ1n) is 7.91. The lowest BCUT2D eigenvalue weighted by Gasteiger charge is -2.14. The van der Waals surface area contributed by atoms with Gasteiger partial charge in [-0.2, -0.15) is 5.10 Å². The van der Waals surface area contributed by atoms with Gasteiger partial charge in [0.05, 0.1) is 24.3 Å². The van der Waals surface area contributed by atoms with Crippen molar-refractivity contribution in [2.75, 3.05) is 7.11 Å². The number of H-pyrrole nitrogens is 1. The molecule has 0 fully saturated rings. The van der Waals surface area contributed by atoms with Crippen LogP contribution in [0.5, 0.6) is 5.75 Å². The van der Waals surface area contributed by atoms with Gasteiger partial charge in [-0.25, -0.2) is 4.39 Å². The third-order valence-corrected chi connectivity index (χ3v) is 4.37. The Balaban J connectivity index is 2.06. The third-order valence-electron chi connectivity index (χ3n) is 4.37. The van der Waals surface area contributed by atoms with Gasteiger partial charge in [0.25, 0.3) is 0 Å². The zero-order chi connectivity index (χ0) is 16.8. The van der Waals surface area contributed by atoms with Crippen molar-refractivity contribution in [3.8, 4) is 11.4 Å². The van der Waals surface area contributed by atoms with E-state index < -0.39 is 0 Å². The average Bonchev–Trinajstić information content (AvgIpc) is 3.16. The number of hydrogen-bond acceptors (Lipinski definition) is 2. The average molecular weight is 323 g/mol. The minimum absolute atomic E-state index is 0.244. The fourth-order valence-corrected chi connectivity index (χ4v) is 3.17. The molecular weight excluding hydrogens is 305 g/mol. The monoisotopic (exact) mass is 323 g/mol. The number of fused-ring (bicyclic) bond motifs is 2. The van der Waals surface area contributed by atoms with Crippen LogP contribution in [-0.4, -0.2) is 21.9 Å². The molecule has 0 saturated carbocycles. The van der Waals surface area contributed by atoms with Gasteiger partial charge in [-0.15, -0.1) is 0 Å². The summed E-state index contributed by atoms with van der Waals surface area (Å²) in [6, 6.07) is 11.3. The predicted octanol–water partition coefficient (Wildman–Crippen LogP) is 4.78. The van der Waals surface area contributed by atoms with Crippen molar-refractivity contribution in [1.29, 1.82) is 0 Å². The second kappa shape index (κ2) is 5.37. The number of benzene rings is 2. The van der Waals surface area contributed by atoms with Gasteiger partial charge in [-0.05, 0) is 36.2 Å². The van der Waals surface area contributed by atoms with Gasteiger partial charge in [-0.1, -0.05) is 13.8 Å². The normalized spacial score (nSPS) is 11.7. The fourth-order valence-electron chi connectivity index (χ4n) is 3.17. The zero-order valence-corrected chi connectivity index (χ0v) is 13.8. The SMILES string of the molecule is COc1cc(-n2c(C(C)C)cc3cc4[nH]ncc4cc32)ccc1F. The number of ether oxygens (including phenoxy) is 1. The first-order valence-corrected chi connectivity index (χ1v) is 7.91. The summed E-state index contributed by atoms with van der Waals surface area (Å²) in [5.41, 5.74) is 4.13. The number of halogens is 1. The van der Waals surface area contributed by atoms with Gasteiger partial charge in [-0.3, -0.25) is 5.10 Å². The molecule has 0 bridgehead atoms. The Morgan fingerprint density at radius 2 is 1.96 bits per heavy atom. The summed E-state index contributed by atoms with van der Waals surface area (Å²) < 4.78 is 21.1. The molecule has 0 radical (unpaired) electrons. The highest BCUT2D eigenvalue weighted by molar-refractivity contribution is 5.96. The van der Waals surface area contributed by atoms with Crippen molar-refractivity contribution < 1.29 is 9.13 Å². The van der Waals surface area contributed by atoms with Gasteiger partial charge >= 0.3 is 0 Å². The number of aromatic nitrogens is 3. The second-order valence-electron chi connectivity index (χ2n) is 6.25. The molecule has 0 saturated heterocycles. The third kappa shape index (κ3) is 2.16. The largest absolute Gasteiger partial charge is 0.494 e. The molecule has 4 rings (SSSR count). The topological polar surface area (TPSA) is 42.8 Å². The standard InChI is InChI=1S/C19H18FN3O/c1-11(2)17-7-12-6-16-13(10-21-22-16)8-18(12)23(17)14-4-5-15(20)19(9-14)24-3/h4-11H,1-3H3,(H,21,22). The maximum atomic E-state index is 13.8. The van der Waals surface area contributed by atoms with E-state index in [1.54, 1.807) is 12.1 Å². The quantitative estimate of drug-likeness (QED) is 0.590. The van der Waals surface area contributed by atoms with E-state index in [9.17, 15) is 4.39 Å². The van der Waals surface area contributed by atoms with Gasteiger partial charge in [0.15, 0.2) is 11.6 Å². The van der Waals surface area contributed by atoms with Crippen LogP contribution < -0.4 is 4.74 Å². The van der Waals surface area contributed by atoms with Crippen molar-refractivity contribution >= 4 is 21.8 Å². The van der Waals surface area contributed by atoms with Gasteiger partial charge in [0.2, 0.25) is 0 Å². The molecule has 1 N–H and O–H groups in total. The van der Waals surface area contributed by atoms with Crippen LogP contribution in [-0.2, 0) is 0 Å². The summed E-state index contributed by atoms with van der Waals surface area (Å²) in [7, 11) is 1.48. The van der Waals surface area contributed by atoms with E-state index in [-0.39, 0.29) is 11.6 Å². The lowest BCUT2D eigenvalue weighted by Crippen LogP contribution is -2.02. The van der Waals surface area contributed by atoms with E-state index in [1.165, 1.54) is 18.9 Å². The highest BCUT2D eigenvalue weighted by atomic mass is 19.1. The number of nitrogens with zero attached hydrogens (tertiary/aromatic N) is 2. The number of nitrogens with one attached hydrogen (secondary N) is 1. The molecule has 2 aromatic heterocycles. The smallest absolute Gasteiger partial charge is 0.165 e. The van der Waals surface area contributed by atoms with Crippen molar-refractivity contribution in [2.45, 2.75) is 19.8 Å². The molecule has 5 heteroatoms. The maximum Gasteiger partial charge on any atom is 0.165 e. The molecule has 2 aromatic carbocycles. The Hall–Kier alpha value is -2.82. The Bertz CT molecular complexity index is 1050. The molecular formula is C19H18FN3O. The van der Waals surface area contributed by atoms with Gasteiger partial charge < -0.3 is 9.30 Å². The number of methoxy groups -OCH3 is 1. The minimum Gasteiger partial charge on any atom is -0.494 e. The zero-order valence-electron chi connectivity index (χ0n) is 13.8. The summed E-state index contributed by atoms with van der Waals surface area (Å²) in [5, 5.41) is 9.28. The van der Waals surface area contributed by atoms with Crippen LogP contribution in [0.4, 0.5) is 4.39 Å². The molecule has 0 aliphatic carbocycles. The van der Waals surface area contributed by atoms with Crippen molar-refractivity contribution in [2.24, 2.45) is 0 Å². The van der Waals surface area contributed by atoms with Crippen molar-refractivity contribution in [1.82, 2.24) is 14.8 Å². The van der Waals surface area contributed by atoms with Gasteiger partial charge in [0.1, 0.15) is 0 Å². The van der Waals surface area contributed by atoms with E-state index >= 15 is 0 Å². The molecule has 0 aliphatic rings. The van der Waals surface area contributed by atoms with Crippen LogP contribution in [0.1, 0.15) is 25.5 Å². The molecule has 0 amide bonds. The number of aromatic amines is 1. The van der Waals surface area contributed by atoms with Crippen molar-refractivity contribution in [3.05, 3.63) is 54.1 Å². The molecule has 0 aliphatic heterocycles. The predicted molar refractivity (Wildman–Crippen MR) is 93.5 cm³/mol. The number of hydrogen-bond donors (Lipinski definition) is 1. The maximum absolute atomic E-state index is 13.8. The van der Waals surface area contributed by atoms with E-state index in [0.29, 0.717) is 5.92 Å². The molecule has 24 heavy (non-hydrogen) atoms. The molecule has 122 valence electrons. The highest BCUT2D eigenvalue weighted by Gasteiger charge is 2.16. The molecule has 4 aromatic rings. The summed E-state index contributed by atoms with van der Waals surface area (Å²) in [6.45, 7) is 4.30. The first kappa shape index (κ1) is 14.8. The summed E-state index contributed by atoms with van der Waals surface area (Å²) in [4.78, 5) is 0. The summed E-state index contributed by atoms with van der Waals surface area (Å²) in [5.74, 6) is 0.208. The highest BCUT2D eigenvalue weighted by Crippen LogP contribution is 2.33. The van der Waals surface area contributed by atoms with Crippen LogP contribution in [0.3, 0.4) is 0 Å². The first-order chi connectivity index (χ1) is 11.6. The lowest BCUT2D eigenvalue weighted by molar-refractivity contribution is 0.386. The van der Waals surface area contributed by atoms with E-state index in [1.807, 2.05) is 6.20 Å². The van der Waals surface area contributed by atoms with E-state index in [0.717, 1.165) is 27.5 Å². The Kier molecular flexibility index (Phi) is 3.30. The Morgan fingerprint density at radius 3 is 2.71 bits per heavy atom. The fraction of sp³-hybridized carbons (Fsp3) is 0.211. The van der Waals surface area contributed by atoms with Crippen LogP contribution in [0, 0.1) is 5.82 Å². The second-order valence-corrected chi connectivity index (χ2v) is 6.25. The van der Waals surface area contributed by atoms with Crippen LogP contribution in [0.25, 0.3) is 27.5 Å². The molecule has 4 nitrogen and oxygen atoms in total. The summed E-state index contributed by atoms with van der Waals surface area (Å²) >= 11 is 0. The number of rotatable bonds is 3. The molecule has 0 spiro atoms. The van der Waals surface area contributed by atoms with Crippen LogP contribution >= 0.6 is 0 Å². The Morgan fingerprint density at radius 1 is 1.12 bits per heavy atom. The molecule has 0 unspecified atom stereocenters.